The van der Waals surface area contributed by atoms with Crippen LogP contribution >= 0.6 is 0 Å². The SMILES string of the molecule is CCOc1ncccc1-c1cc(NCc2ccc(OC)cc2)c(C(=N)C(C)CCOc2ccc(CN(Cc3cnn(C)n3)c3cc(-c4cccnc4OCC)nc(NC)c3C(=N)C(C)C)cc2)c(NC)n1. The van der Waals surface area contributed by atoms with Gasteiger partial charge >= 0.3 is 0 Å². The second kappa shape index (κ2) is 24.0. The number of hydrogen-bond donors (Lipinski definition) is 5. The van der Waals surface area contributed by atoms with Gasteiger partial charge in [0.2, 0.25) is 11.8 Å². The Labute approximate surface area is 416 Å². The summed E-state index contributed by atoms with van der Waals surface area (Å²) in [4.78, 5) is 22.8. The molecule has 0 saturated heterocycles. The average molecular weight is 960 g/mol. The third kappa shape index (κ3) is 12.4. The molecule has 2 aromatic carbocycles. The highest BCUT2D eigenvalue weighted by Gasteiger charge is 2.26. The summed E-state index contributed by atoms with van der Waals surface area (Å²) in [5, 5.41) is 38.1. The summed E-state index contributed by atoms with van der Waals surface area (Å²) < 4.78 is 23.6. The zero-order valence-corrected chi connectivity index (χ0v) is 42.1. The Bertz CT molecular complexity index is 2900. The molecule has 7 rings (SSSR count). The fourth-order valence-corrected chi connectivity index (χ4v) is 8.08. The van der Waals surface area contributed by atoms with Gasteiger partial charge in [-0.3, -0.25) is 0 Å². The van der Waals surface area contributed by atoms with Crippen molar-refractivity contribution < 1.29 is 18.9 Å². The molecule has 5 N–H and O–H groups in total. The Hall–Kier alpha value is -8.08. The summed E-state index contributed by atoms with van der Waals surface area (Å²) in [6.45, 7) is 12.6. The van der Waals surface area contributed by atoms with E-state index in [0.717, 1.165) is 45.1 Å². The van der Waals surface area contributed by atoms with Crippen molar-refractivity contribution in [1.82, 2.24) is 34.9 Å². The first-order valence-corrected chi connectivity index (χ1v) is 23.9. The van der Waals surface area contributed by atoms with Gasteiger partial charge in [0, 0.05) is 69.7 Å². The predicted octanol–water partition coefficient (Wildman–Crippen LogP) is 9.93. The summed E-state index contributed by atoms with van der Waals surface area (Å²) in [7, 11) is 7.10. The van der Waals surface area contributed by atoms with Crippen LogP contribution in [-0.4, -0.2) is 87.4 Å². The van der Waals surface area contributed by atoms with E-state index in [9.17, 15) is 10.8 Å². The highest BCUT2D eigenvalue weighted by molar-refractivity contribution is 6.09. The number of methoxy groups -OCH3 is 1. The van der Waals surface area contributed by atoms with Crippen molar-refractivity contribution in [3.63, 3.8) is 0 Å². The van der Waals surface area contributed by atoms with Gasteiger partial charge in [-0.25, -0.2) is 19.9 Å². The van der Waals surface area contributed by atoms with E-state index >= 15 is 0 Å². The van der Waals surface area contributed by atoms with E-state index < -0.39 is 0 Å². The lowest BCUT2D eigenvalue weighted by atomic mass is 9.94. The van der Waals surface area contributed by atoms with Gasteiger partial charge in [0.15, 0.2) is 0 Å². The van der Waals surface area contributed by atoms with Gasteiger partial charge in [-0.2, -0.15) is 15.0 Å². The zero-order valence-electron chi connectivity index (χ0n) is 42.1. The first kappa shape index (κ1) is 50.8. The van der Waals surface area contributed by atoms with Gasteiger partial charge in [-0.05, 0) is 98.0 Å². The topological polar surface area (TPSA) is 206 Å². The van der Waals surface area contributed by atoms with Crippen LogP contribution in [0.25, 0.3) is 22.5 Å². The van der Waals surface area contributed by atoms with Crippen LogP contribution in [0.1, 0.15) is 69.0 Å². The molecule has 71 heavy (non-hydrogen) atoms. The summed E-state index contributed by atoms with van der Waals surface area (Å²) in [5.74, 6) is 3.35. The highest BCUT2D eigenvalue weighted by Crippen LogP contribution is 2.38. The normalized spacial score (nSPS) is 11.5. The molecule has 5 heterocycles. The van der Waals surface area contributed by atoms with Gasteiger partial charge in [0.1, 0.15) is 28.8 Å². The van der Waals surface area contributed by atoms with Crippen LogP contribution in [-0.2, 0) is 26.7 Å². The zero-order chi connectivity index (χ0) is 50.4. The number of ether oxygens (including phenoxy) is 4. The summed E-state index contributed by atoms with van der Waals surface area (Å²) in [6.07, 6.45) is 5.75. The molecule has 17 nitrogen and oxygen atoms in total. The van der Waals surface area contributed by atoms with Crippen LogP contribution in [0, 0.1) is 22.7 Å². The first-order chi connectivity index (χ1) is 34.4. The lowest BCUT2D eigenvalue weighted by Crippen LogP contribution is -2.26. The fourth-order valence-electron chi connectivity index (χ4n) is 8.08. The fraction of sp³-hybridized carbons (Fsp3) is 0.333. The smallest absolute Gasteiger partial charge is 0.222 e. The van der Waals surface area contributed by atoms with Crippen molar-refractivity contribution in [2.24, 2.45) is 18.9 Å². The quantitative estimate of drug-likeness (QED) is 0.0338. The van der Waals surface area contributed by atoms with Crippen LogP contribution < -0.4 is 39.8 Å². The van der Waals surface area contributed by atoms with E-state index in [0.29, 0.717) is 109 Å². The Balaban J connectivity index is 1.12. The number of pyridine rings is 4. The number of benzene rings is 2. The summed E-state index contributed by atoms with van der Waals surface area (Å²) >= 11 is 0. The molecule has 370 valence electrons. The molecule has 5 aromatic heterocycles. The Kier molecular flexibility index (Phi) is 17.1. The van der Waals surface area contributed by atoms with E-state index in [1.54, 1.807) is 37.5 Å². The van der Waals surface area contributed by atoms with Crippen LogP contribution in [0.5, 0.6) is 23.3 Å². The monoisotopic (exact) mass is 960 g/mol. The molecule has 1 atom stereocenters. The number of nitrogens with zero attached hydrogens (tertiary/aromatic N) is 8. The Morgan fingerprint density at radius 1 is 0.718 bits per heavy atom. The summed E-state index contributed by atoms with van der Waals surface area (Å²) in [6, 6.07) is 27.6. The van der Waals surface area contributed by atoms with Crippen LogP contribution in [0.15, 0.2) is 104 Å². The number of hydrogen-bond acceptors (Lipinski definition) is 16. The molecule has 0 spiro atoms. The predicted molar refractivity (Wildman–Crippen MR) is 282 cm³/mol. The van der Waals surface area contributed by atoms with Gasteiger partial charge in [-0.1, -0.05) is 45.0 Å². The van der Waals surface area contributed by atoms with Crippen LogP contribution in [0.2, 0.25) is 0 Å². The molecule has 17 heteroatoms. The maximum absolute atomic E-state index is 9.58. The van der Waals surface area contributed by atoms with Crippen molar-refractivity contribution in [3.05, 3.63) is 131 Å². The number of nitrogens with one attached hydrogen (secondary N) is 5. The molecule has 0 aliphatic heterocycles. The Morgan fingerprint density at radius 3 is 1.87 bits per heavy atom. The third-order valence-corrected chi connectivity index (χ3v) is 11.9. The van der Waals surface area contributed by atoms with Crippen LogP contribution in [0.3, 0.4) is 0 Å². The lowest BCUT2D eigenvalue weighted by Gasteiger charge is -2.29. The third-order valence-electron chi connectivity index (χ3n) is 11.9. The average Bonchev–Trinajstić information content (AvgIpc) is 3.81. The van der Waals surface area contributed by atoms with E-state index in [1.165, 1.54) is 0 Å². The molecule has 0 saturated carbocycles. The molecule has 0 radical (unpaired) electrons. The molecular weight excluding hydrogens is 895 g/mol. The molecule has 7 aromatic rings. The first-order valence-electron chi connectivity index (χ1n) is 23.9. The standard InChI is InChI=1S/C54H65N13O4/c1-10-69-53-41(14-12-25-59-53)43-28-45(61-30-36-16-20-39(68-9)21-17-36)47(51(57-6)63-43)50(56)35(5)24-27-71-40-22-18-37(19-23-40)32-67(33-38-31-62-66(8)65-38)46-29-44(42-15-13-26-60-54(42)70-11-2)64-52(58-7)48(46)49(55)34(3)4/h12-23,25-26,28-29,31,34-35,55-56H,10-11,24,27,30,32-33H2,1-9H3,(H,58,64)(H2,57,61,63). The van der Waals surface area contributed by atoms with Gasteiger partial charge in [0.05, 0.1) is 79.0 Å². The van der Waals surface area contributed by atoms with E-state index in [4.69, 9.17) is 28.9 Å². The molecule has 0 amide bonds. The minimum Gasteiger partial charge on any atom is -0.497 e. The number of aryl methyl sites for hydroxylation is 1. The van der Waals surface area contributed by atoms with Crippen molar-refractivity contribution in [3.8, 4) is 45.8 Å². The minimum atomic E-state index is -0.189. The molecule has 0 aliphatic carbocycles. The maximum Gasteiger partial charge on any atom is 0.222 e. The minimum absolute atomic E-state index is 0.0784. The van der Waals surface area contributed by atoms with Gasteiger partial charge < -0.3 is 50.6 Å². The number of aromatic nitrogens is 7. The maximum atomic E-state index is 9.58. The molecule has 0 fully saturated rings. The molecule has 1 unspecified atom stereocenters. The number of rotatable bonds is 25. The van der Waals surface area contributed by atoms with E-state index in [-0.39, 0.29) is 11.8 Å². The van der Waals surface area contributed by atoms with Crippen LogP contribution in [0.4, 0.5) is 23.0 Å². The Morgan fingerprint density at radius 2 is 1.31 bits per heavy atom. The van der Waals surface area contributed by atoms with Crippen molar-refractivity contribution in [1.29, 1.82) is 10.8 Å². The molecule has 0 aliphatic rings. The molecule has 0 bridgehead atoms. The second-order valence-electron chi connectivity index (χ2n) is 17.2. The van der Waals surface area contributed by atoms with Crippen molar-refractivity contribution >= 4 is 34.4 Å². The van der Waals surface area contributed by atoms with Gasteiger partial charge in [-0.15, -0.1) is 0 Å². The largest absolute Gasteiger partial charge is 0.497 e. The number of anilines is 4. The van der Waals surface area contributed by atoms with E-state index in [1.807, 2.05) is 122 Å². The summed E-state index contributed by atoms with van der Waals surface area (Å²) in [5.41, 5.74) is 9.50. The van der Waals surface area contributed by atoms with Crippen molar-refractivity contribution in [2.75, 3.05) is 61.9 Å². The lowest BCUT2D eigenvalue weighted by molar-refractivity contribution is 0.299. The van der Waals surface area contributed by atoms with E-state index in [2.05, 4.69) is 53.1 Å². The molecular formula is C54H65N13O4. The van der Waals surface area contributed by atoms with Gasteiger partial charge in [0.25, 0.3) is 0 Å². The second-order valence-corrected chi connectivity index (χ2v) is 17.2. The van der Waals surface area contributed by atoms with Crippen molar-refractivity contribution in [2.45, 2.75) is 60.7 Å². The highest BCUT2D eigenvalue weighted by atomic mass is 16.5.